The van der Waals surface area contributed by atoms with Gasteiger partial charge < -0.3 is 10.1 Å². The van der Waals surface area contributed by atoms with Crippen LogP contribution in [0.2, 0.25) is 5.28 Å². The first-order valence-corrected chi connectivity index (χ1v) is 9.95. The highest BCUT2D eigenvalue weighted by Gasteiger charge is 2.51. The molecule has 4 saturated carbocycles. The van der Waals surface area contributed by atoms with E-state index >= 15 is 4.39 Å². The summed E-state index contributed by atoms with van der Waals surface area (Å²) in [4.78, 5) is 20.6. The average molecular weight is 393 g/mol. The third kappa shape index (κ3) is 3.14. The summed E-state index contributed by atoms with van der Waals surface area (Å²) in [6.07, 6.45) is 5.09. The molecule has 144 valence electrons. The van der Waals surface area contributed by atoms with Crippen LogP contribution in [0.3, 0.4) is 0 Å². The highest BCUT2D eigenvalue weighted by Crippen LogP contribution is 2.50. The summed E-state index contributed by atoms with van der Waals surface area (Å²) >= 11 is 6.03. The van der Waals surface area contributed by atoms with Gasteiger partial charge in [-0.25, -0.2) is 9.37 Å². The van der Waals surface area contributed by atoms with Crippen LogP contribution in [0.1, 0.15) is 51.1 Å². The van der Waals surface area contributed by atoms with E-state index in [1.807, 2.05) is 0 Å². The average Bonchev–Trinajstić information content (AvgIpc) is 3.46. The van der Waals surface area contributed by atoms with Gasteiger partial charge in [0.2, 0.25) is 5.28 Å². The van der Waals surface area contributed by atoms with Crippen LogP contribution in [0.4, 0.5) is 10.2 Å². The maximum Gasteiger partial charge on any atom is 0.311 e. The van der Waals surface area contributed by atoms with E-state index in [2.05, 4.69) is 21.4 Å². The van der Waals surface area contributed by atoms with Crippen molar-refractivity contribution in [3.63, 3.8) is 0 Å². The molecule has 1 heterocycles. The third-order valence-electron chi connectivity index (χ3n) is 6.32. The van der Waals surface area contributed by atoms with Gasteiger partial charge in [-0.1, -0.05) is 0 Å². The molecule has 4 aliphatic carbocycles. The molecule has 6 nitrogen and oxygen atoms in total. The maximum atomic E-state index is 15.1. The lowest BCUT2D eigenvalue weighted by Crippen LogP contribution is -2.52. The Morgan fingerprint density at radius 3 is 2.59 bits per heavy atom. The molecule has 0 amide bonds. The number of nitriles is 1. The van der Waals surface area contributed by atoms with Gasteiger partial charge in [0.25, 0.3) is 0 Å². The molecular formula is C19H22ClFN4O2. The van der Waals surface area contributed by atoms with Gasteiger partial charge in [-0.2, -0.15) is 10.2 Å². The highest BCUT2D eigenvalue weighted by molar-refractivity contribution is 6.28. The zero-order valence-corrected chi connectivity index (χ0v) is 15.9. The van der Waals surface area contributed by atoms with Crippen molar-refractivity contribution in [2.45, 2.75) is 56.9 Å². The van der Waals surface area contributed by atoms with Gasteiger partial charge in [-0.15, -0.1) is 0 Å². The van der Waals surface area contributed by atoms with Gasteiger partial charge >= 0.3 is 5.97 Å². The molecule has 4 fully saturated rings. The summed E-state index contributed by atoms with van der Waals surface area (Å²) in [5.41, 5.74) is -0.847. The zero-order chi connectivity index (χ0) is 19.2. The Kier molecular flexibility index (Phi) is 4.71. The number of esters is 1. The molecule has 27 heavy (non-hydrogen) atoms. The first kappa shape index (κ1) is 18.4. The Bertz CT molecular complexity index is 800. The first-order chi connectivity index (χ1) is 13.0. The SMILES string of the molecule is CCOC(=O)[C@H]1C2CCC(CC2)[C@@H]1Nc1nc(Cl)nc(C2(C#N)CC2)c1F. The second-order valence-corrected chi connectivity index (χ2v) is 8.16. The minimum atomic E-state index is -0.904. The van der Waals surface area contributed by atoms with Crippen molar-refractivity contribution in [2.75, 3.05) is 11.9 Å². The maximum absolute atomic E-state index is 15.1. The fourth-order valence-corrected chi connectivity index (χ4v) is 4.92. The Labute approximate surface area is 162 Å². The quantitative estimate of drug-likeness (QED) is 0.608. The molecule has 1 aromatic rings. The summed E-state index contributed by atoms with van der Waals surface area (Å²) < 4.78 is 20.4. The van der Waals surface area contributed by atoms with Gasteiger partial charge in [-0.3, -0.25) is 4.79 Å². The number of rotatable bonds is 5. The molecular weight excluding hydrogens is 371 g/mol. The van der Waals surface area contributed by atoms with Crippen LogP contribution in [0.25, 0.3) is 0 Å². The molecule has 2 bridgehead atoms. The van der Waals surface area contributed by atoms with Gasteiger partial charge in [0, 0.05) is 6.04 Å². The smallest absolute Gasteiger partial charge is 0.311 e. The fraction of sp³-hybridized carbons (Fsp3) is 0.684. The van der Waals surface area contributed by atoms with Crippen molar-refractivity contribution in [1.29, 1.82) is 5.26 Å². The summed E-state index contributed by atoms with van der Waals surface area (Å²) in [6, 6.07) is 1.90. The summed E-state index contributed by atoms with van der Waals surface area (Å²) in [6.45, 7) is 2.11. The van der Waals surface area contributed by atoms with Crippen molar-refractivity contribution in [2.24, 2.45) is 17.8 Å². The van der Waals surface area contributed by atoms with Crippen molar-refractivity contribution in [3.05, 3.63) is 16.8 Å². The number of ether oxygens (including phenoxy) is 1. The van der Waals surface area contributed by atoms with Crippen LogP contribution < -0.4 is 5.32 Å². The molecule has 8 heteroatoms. The van der Waals surface area contributed by atoms with Gasteiger partial charge in [0.15, 0.2) is 11.6 Å². The van der Waals surface area contributed by atoms with Crippen LogP contribution in [-0.4, -0.2) is 28.6 Å². The monoisotopic (exact) mass is 392 g/mol. The van der Waals surface area contributed by atoms with Gasteiger partial charge in [0.1, 0.15) is 11.1 Å². The third-order valence-corrected chi connectivity index (χ3v) is 6.49. The van der Waals surface area contributed by atoms with Crippen molar-refractivity contribution in [3.8, 4) is 6.07 Å². The predicted molar refractivity (Wildman–Crippen MR) is 96.5 cm³/mol. The number of nitrogens with zero attached hydrogens (tertiary/aromatic N) is 3. The summed E-state index contributed by atoms with van der Waals surface area (Å²) in [7, 11) is 0. The Balaban J connectivity index is 1.66. The lowest BCUT2D eigenvalue weighted by molar-refractivity contribution is -0.154. The van der Waals surface area contributed by atoms with Crippen LogP contribution in [-0.2, 0) is 14.9 Å². The molecule has 0 aliphatic heterocycles. The topological polar surface area (TPSA) is 87.9 Å². The molecule has 0 unspecified atom stereocenters. The molecule has 1 aromatic heterocycles. The van der Waals surface area contributed by atoms with Gasteiger partial charge in [-0.05, 0) is 68.9 Å². The van der Waals surface area contributed by atoms with E-state index in [9.17, 15) is 10.1 Å². The van der Waals surface area contributed by atoms with Crippen molar-refractivity contribution >= 4 is 23.4 Å². The van der Waals surface area contributed by atoms with E-state index < -0.39 is 11.2 Å². The molecule has 0 radical (unpaired) electrons. The van der Waals surface area contributed by atoms with E-state index in [-0.39, 0.29) is 46.6 Å². The molecule has 0 spiro atoms. The number of carbonyl (C=O) groups is 1. The lowest BCUT2D eigenvalue weighted by atomic mass is 9.61. The Hall–Kier alpha value is -1.94. The van der Waals surface area contributed by atoms with Crippen LogP contribution in [0.15, 0.2) is 0 Å². The molecule has 0 aromatic carbocycles. The predicted octanol–water partition coefficient (Wildman–Crippen LogP) is 3.60. The number of fused-ring (bicyclic) bond motifs is 3. The largest absolute Gasteiger partial charge is 0.466 e. The molecule has 5 rings (SSSR count). The minimum absolute atomic E-state index is 0.0154. The highest BCUT2D eigenvalue weighted by atomic mass is 35.5. The zero-order valence-electron chi connectivity index (χ0n) is 15.2. The standard InChI is InChI=1S/C19H22ClFN4O2/c1-2-27-17(26)12-10-3-5-11(6-4-10)14(12)23-16-13(21)15(24-18(20)25-16)19(9-22)7-8-19/h10-12,14H,2-8H2,1H3,(H,23,24,25)/t10?,11?,12-,14-/m0/s1. The van der Waals surface area contributed by atoms with E-state index in [0.29, 0.717) is 19.4 Å². The number of nitrogens with one attached hydrogen (secondary N) is 1. The summed E-state index contributed by atoms with van der Waals surface area (Å²) in [5.74, 6) is -0.714. The van der Waals surface area contributed by atoms with Crippen molar-refractivity contribution in [1.82, 2.24) is 9.97 Å². The first-order valence-electron chi connectivity index (χ1n) is 9.57. The second kappa shape index (κ2) is 6.90. The lowest BCUT2D eigenvalue weighted by Gasteiger charge is -2.47. The second-order valence-electron chi connectivity index (χ2n) is 7.82. The number of carbonyl (C=O) groups excluding carboxylic acids is 1. The van der Waals surface area contributed by atoms with Gasteiger partial charge in [0.05, 0.1) is 18.6 Å². The Morgan fingerprint density at radius 1 is 1.33 bits per heavy atom. The van der Waals surface area contributed by atoms with Crippen molar-refractivity contribution < 1.29 is 13.9 Å². The molecule has 1 N–H and O–H groups in total. The van der Waals surface area contributed by atoms with E-state index in [1.165, 1.54) is 0 Å². The number of aromatic nitrogens is 2. The number of halogens is 2. The number of anilines is 1. The number of hydrogen-bond donors (Lipinski definition) is 1. The van der Waals surface area contributed by atoms with E-state index in [0.717, 1.165) is 25.7 Å². The molecule has 4 aliphatic rings. The van der Waals surface area contributed by atoms with E-state index in [1.54, 1.807) is 6.92 Å². The van der Waals surface area contributed by atoms with Crippen LogP contribution in [0, 0.1) is 34.9 Å². The van der Waals surface area contributed by atoms with Crippen LogP contribution >= 0.6 is 11.6 Å². The minimum Gasteiger partial charge on any atom is -0.466 e. The Morgan fingerprint density at radius 2 is 2.00 bits per heavy atom. The molecule has 0 saturated heterocycles. The van der Waals surface area contributed by atoms with E-state index in [4.69, 9.17) is 16.3 Å². The summed E-state index contributed by atoms with van der Waals surface area (Å²) in [5, 5.41) is 12.5. The fourth-order valence-electron chi connectivity index (χ4n) is 4.75. The number of hydrogen-bond acceptors (Lipinski definition) is 6. The molecule has 2 atom stereocenters. The van der Waals surface area contributed by atoms with Crippen LogP contribution in [0.5, 0.6) is 0 Å². The normalized spacial score (nSPS) is 30.4.